The summed E-state index contributed by atoms with van der Waals surface area (Å²) in [5.74, 6) is 0. The van der Waals surface area contributed by atoms with Crippen molar-refractivity contribution in [2.75, 3.05) is 0 Å². The third-order valence-corrected chi connectivity index (χ3v) is 3.27. The molecule has 0 aromatic heterocycles. The molecule has 0 aliphatic rings. The van der Waals surface area contributed by atoms with Crippen LogP contribution in [-0.4, -0.2) is 19.7 Å². The zero-order valence-corrected chi connectivity index (χ0v) is 7.98. The van der Waals surface area contributed by atoms with Gasteiger partial charge >= 0.3 is 0 Å². The molecule has 1 N–H and O–H groups in total. The van der Waals surface area contributed by atoms with E-state index in [0.29, 0.717) is 0 Å². The van der Waals surface area contributed by atoms with Crippen molar-refractivity contribution in [1.29, 1.82) is 0 Å². The van der Waals surface area contributed by atoms with Gasteiger partial charge in [-0.2, -0.15) is 0 Å². The summed E-state index contributed by atoms with van der Waals surface area (Å²) in [6, 6.07) is -0.192. The average Bonchev–Trinajstić information content (AvgIpc) is 1.86. The van der Waals surface area contributed by atoms with E-state index in [1.807, 2.05) is 0 Å². The fourth-order valence-corrected chi connectivity index (χ4v) is 1.33. The first-order valence-electron chi connectivity index (χ1n) is 3.54. The van der Waals surface area contributed by atoms with Crippen molar-refractivity contribution < 1.29 is 8.42 Å². The summed E-state index contributed by atoms with van der Waals surface area (Å²) in [6.07, 6.45) is 1.56. The number of nitrogens with one attached hydrogen (secondary N) is 1. The smallest absolute Gasteiger partial charge is 0.212 e. The zero-order chi connectivity index (χ0) is 9.07. The Bertz CT molecular complexity index is 219. The van der Waals surface area contributed by atoms with E-state index in [9.17, 15) is 8.42 Å². The quantitative estimate of drug-likeness (QED) is 0.648. The highest BCUT2D eigenvalue weighted by molar-refractivity contribution is 7.90. The molecule has 0 fully saturated rings. The molecular formula is C7H15NO2S. The van der Waals surface area contributed by atoms with Crippen molar-refractivity contribution >= 4 is 10.0 Å². The monoisotopic (exact) mass is 177 g/mol. The van der Waals surface area contributed by atoms with Crippen LogP contribution in [0.5, 0.6) is 0 Å². The molecule has 3 nitrogen and oxygen atoms in total. The zero-order valence-electron chi connectivity index (χ0n) is 7.16. The lowest BCUT2D eigenvalue weighted by molar-refractivity contribution is 0.567. The molecule has 0 aromatic rings. The fourth-order valence-electron chi connectivity index (χ4n) is 0.443. The topological polar surface area (TPSA) is 46.2 Å². The summed E-state index contributed by atoms with van der Waals surface area (Å²) in [7, 11) is -3.13. The molecule has 0 aliphatic carbocycles. The van der Waals surface area contributed by atoms with Gasteiger partial charge in [-0.3, -0.25) is 0 Å². The maximum Gasteiger partial charge on any atom is 0.214 e. The molecular weight excluding hydrogens is 162 g/mol. The summed E-state index contributed by atoms with van der Waals surface area (Å²) in [6.45, 7) is 8.49. The van der Waals surface area contributed by atoms with Crippen molar-refractivity contribution in [2.24, 2.45) is 0 Å². The second kappa shape index (κ2) is 3.88. The number of hydrogen-bond acceptors (Lipinski definition) is 2. The standard InChI is InChI=1S/C7H15NO2S/c1-5-7(4)8-11(9,10)6(2)3/h5-8H,1H2,2-4H3. The van der Waals surface area contributed by atoms with E-state index < -0.39 is 10.0 Å². The van der Waals surface area contributed by atoms with Crippen molar-refractivity contribution in [3.05, 3.63) is 12.7 Å². The molecule has 0 radical (unpaired) electrons. The normalized spacial score (nSPS) is 14.9. The fraction of sp³-hybridized carbons (Fsp3) is 0.714. The highest BCUT2D eigenvalue weighted by Crippen LogP contribution is 1.97. The molecule has 0 heterocycles. The molecule has 66 valence electrons. The van der Waals surface area contributed by atoms with E-state index in [0.717, 1.165) is 0 Å². The molecule has 4 heteroatoms. The van der Waals surface area contributed by atoms with E-state index in [2.05, 4.69) is 11.3 Å². The second-order valence-corrected chi connectivity index (χ2v) is 5.00. The first-order chi connectivity index (χ1) is 4.90. The van der Waals surface area contributed by atoms with Crippen LogP contribution in [0.4, 0.5) is 0 Å². The van der Waals surface area contributed by atoms with Crippen LogP contribution in [0.1, 0.15) is 20.8 Å². The van der Waals surface area contributed by atoms with Gasteiger partial charge in [0.1, 0.15) is 0 Å². The first kappa shape index (κ1) is 10.7. The predicted molar refractivity (Wildman–Crippen MR) is 46.9 cm³/mol. The van der Waals surface area contributed by atoms with E-state index >= 15 is 0 Å². The molecule has 0 saturated carbocycles. The van der Waals surface area contributed by atoms with Gasteiger partial charge in [0.25, 0.3) is 0 Å². The van der Waals surface area contributed by atoms with Crippen LogP contribution in [0.15, 0.2) is 12.7 Å². The van der Waals surface area contributed by atoms with Gasteiger partial charge in [-0.15, -0.1) is 6.58 Å². The lowest BCUT2D eigenvalue weighted by atomic mass is 10.4. The van der Waals surface area contributed by atoms with Crippen LogP contribution in [0.2, 0.25) is 0 Å². The van der Waals surface area contributed by atoms with Gasteiger partial charge in [-0.1, -0.05) is 6.08 Å². The average molecular weight is 177 g/mol. The van der Waals surface area contributed by atoms with Gasteiger partial charge in [0.15, 0.2) is 0 Å². The lowest BCUT2D eigenvalue weighted by Gasteiger charge is -2.12. The highest BCUT2D eigenvalue weighted by atomic mass is 32.2. The van der Waals surface area contributed by atoms with E-state index in [1.165, 1.54) is 0 Å². The van der Waals surface area contributed by atoms with Crippen molar-refractivity contribution in [2.45, 2.75) is 32.1 Å². The minimum Gasteiger partial charge on any atom is -0.212 e. The SMILES string of the molecule is C=CC(C)NS(=O)(=O)C(C)C. The lowest BCUT2D eigenvalue weighted by Crippen LogP contribution is -2.36. The summed E-state index contributed by atoms with van der Waals surface area (Å²) < 4.78 is 24.7. The van der Waals surface area contributed by atoms with Crippen molar-refractivity contribution in [3.63, 3.8) is 0 Å². The number of rotatable bonds is 4. The van der Waals surface area contributed by atoms with E-state index in [-0.39, 0.29) is 11.3 Å². The molecule has 1 atom stereocenters. The number of hydrogen-bond donors (Lipinski definition) is 1. The first-order valence-corrected chi connectivity index (χ1v) is 5.08. The van der Waals surface area contributed by atoms with Gasteiger partial charge in [-0.25, -0.2) is 13.1 Å². The Hall–Kier alpha value is -0.350. The molecule has 0 aliphatic heterocycles. The molecule has 0 saturated heterocycles. The Balaban J connectivity index is 4.26. The molecule has 0 spiro atoms. The highest BCUT2D eigenvalue weighted by Gasteiger charge is 2.16. The number of sulfonamides is 1. The van der Waals surface area contributed by atoms with Crippen LogP contribution >= 0.6 is 0 Å². The van der Waals surface area contributed by atoms with Crippen LogP contribution in [0.3, 0.4) is 0 Å². The van der Waals surface area contributed by atoms with Crippen molar-refractivity contribution in [3.8, 4) is 0 Å². The summed E-state index contributed by atoms with van der Waals surface area (Å²) in [5.41, 5.74) is 0. The largest absolute Gasteiger partial charge is 0.214 e. The van der Waals surface area contributed by atoms with Crippen LogP contribution < -0.4 is 4.72 Å². The van der Waals surface area contributed by atoms with Gasteiger partial charge in [0.2, 0.25) is 10.0 Å². The van der Waals surface area contributed by atoms with Gasteiger partial charge < -0.3 is 0 Å². The summed E-state index contributed by atoms with van der Waals surface area (Å²) in [5, 5.41) is -0.384. The van der Waals surface area contributed by atoms with Crippen LogP contribution in [0.25, 0.3) is 0 Å². The summed E-state index contributed by atoms with van der Waals surface area (Å²) in [4.78, 5) is 0. The molecule has 0 bridgehead atoms. The van der Waals surface area contributed by atoms with Gasteiger partial charge in [-0.05, 0) is 20.8 Å². The Morgan fingerprint density at radius 1 is 1.36 bits per heavy atom. The molecule has 1 unspecified atom stereocenters. The minimum atomic E-state index is -3.13. The van der Waals surface area contributed by atoms with Gasteiger partial charge in [0.05, 0.1) is 5.25 Å². The third kappa shape index (κ3) is 3.53. The second-order valence-electron chi connectivity index (χ2n) is 2.74. The van der Waals surface area contributed by atoms with Crippen molar-refractivity contribution in [1.82, 2.24) is 4.72 Å². The Kier molecular flexibility index (Phi) is 3.75. The molecule has 0 aromatic carbocycles. The maximum atomic E-state index is 11.1. The van der Waals surface area contributed by atoms with Crippen LogP contribution in [0, 0.1) is 0 Å². The van der Waals surface area contributed by atoms with Crippen LogP contribution in [-0.2, 0) is 10.0 Å². The summed E-state index contributed by atoms with van der Waals surface area (Å²) >= 11 is 0. The van der Waals surface area contributed by atoms with E-state index in [1.54, 1.807) is 26.8 Å². The molecule has 0 amide bonds. The Labute approximate surface area is 68.5 Å². The Morgan fingerprint density at radius 3 is 2.09 bits per heavy atom. The Morgan fingerprint density at radius 2 is 1.82 bits per heavy atom. The maximum absolute atomic E-state index is 11.1. The molecule has 11 heavy (non-hydrogen) atoms. The molecule has 0 rings (SSSR count). The van der Waals surface area contributed by atoms with E-state index in [4.69, 9.17) is 0 Å². The predicted octanol–water partition coefficient (Wildman–Crippen LogP) is 0.889. The third-order valence-electron chi connectivity index (χ3n) is 1.32. The minimum absolute atomic E-state index is 0.192. The van der Waals surface area contributed by atoms with Gasteiger partial charge in [0, 0.05) is 6.04 Å².